The molecule has 1 saturated heterocycles. The molecular formula is C23H40N4O6SSi. The minimum Gasteiger partial charge on any atom is -0.467 e. The lowest BCUT2D eigenvalue weighted by atomic mass is 10.2. The minimum absolute atomic E-state index is 0.0327. The number of piperazine rings is 1. The first kappa shape index (κ1) is 29.0. The predicted molar refractivity (Wildman–Crippen MR) is 139 cm³/mol. The van der Waals surface area contributed by atoms with E-state index in [-0.39, 0.29) is 23.4 Å². The lowest BCUT2D eigenvalue weighted by Crippen LogP contribution is -2.50. The third-order valence-corrected chi connectivity index (χ3v) is 11.5. The molecule has 1 aliphatic rings. The minimum atomic E-state index is -2.12. The van der Waals surface area contributed by atoms with Crippen molar-refractivity contribution < 1.29 is 28.3 Å². The van der Waals surface area contributed by atoms with E-state index in [2.05, 4.69) is 44.2 Å². The van der Waals surface area contributed by atoms with Crippen LogP contribution < -0.4 is 10.2 Å². The van der Waals surface area contributed by atoms with Crippen molar-refractivity contribution >= 4 is 42.8 Å². The van der Waals surface area contributed by atoms with Gasteiger partial charge in [0, 0.05) is 31.6 Å². The smallest absolute Gasteiger partial charge is 0.410 e. The van der Waals surface area contributed by atoms with Gasteiger partial charge in [0.1, 0.15) is 17.3 Å². The first-order chi connectivity index (χ1) is 16.0. The molecule has 2 amide bonds. The molecule has 198 valence electrons. The van der Waals surface area contributed by atoms with Crippen LogP contribution in [0.15, 0.2) is 5.38 Å². The van der Waals surface area contributed by atoms with E-state index in [1.807, 2.05) is 25.7 Å². The molecule has 12 heteroatoms. The maximum Gasteiger partial charge on any atom is 0.410 e. The predicted octanol–water partition coefficient (Wildman–Crippen LogP) is 3.49. The number of carbonyl (C=O) groups is 3. The fraction of sp³-hybridized carbons (Fsp3) is 0.739. The maximum atomic E-state index is 12.9. The number of aromatic nitrogens is 1. The van der Waals surface area contributed by atoms with E-state index in [4.69, 9.17) is 13.9 Å². The Balaban J connectivity index is 1.98. The van der Waals surface area contributed by atoms with Crippen LogP contribution in [0.25, 0.3) is 0 Å². The van der Waals surface area contributed by atoms with Crippen LogP contribution in [-0.2, 0) is 18.7 Å². The molecule has 1 aromatic rings. The van der Waals surface area contributed by atoms with E-state index >= 15 is 0 Å². The van der Waals surface area contributed by atoms with Crippen molar-refractivity contribution in [2.45, 2.75) is 71.3 Å². The number of ether oxygens (including phenoxy) is 2. The largest absolute Gasteiger partial charge is 0.467 e. The van der Waals surface area contributed by atoms with Gasteiger partial charge in [0.2, 0.25) is 0 Å². The summed E-state index contributed by atoms with van der Waals surface area (Å²) >= 11 is 1.34. The van der Waals surface area contributed by atoms with Crippen molar-refractivity contribution in [3.05, 3.63) is 11.1 Å². The maximum absolute atomic E-state index is 12.9. The van der Waals surface area contributed by atoms with Gasteiger partial charge in [-0.2, -0.15) is 0 Å². The molecule has 1 N–H and O–H groups in total. The molecule has 2 heterocycles. The molecule has 0 spiro atoms. The zero-order valence-corrected chi connectivity index (χ0v) is 24.2. The van der Waals surface area contributed by atoms with Gasteiger partial charge < -0.3 is 29.0 Å². The highest BCUT2D eigenvalue weighted by molar-refractivity contribution is 7.13. The summed E-state index contributed by atoms with van der Waals surface area (Å²) in [6.07, 6.45) is -0.329. The van der Waals surface area contributed by atoms with E-state index in [0.717, 1.165) is 0 Å². The normalized spacial score (nSPS) is 16.0. The first-order valence-corrected chi connectivity index (χ1v) is 15.5. The highest BCUT2D eigenvalue weighted by Gasteiger charge is 2.38. The molecule has 1 fully saturated rings. The number of rotatable bonds is 7. The van der Waals surface area contributed by atoms with Crippen molar-refractivity contribution in [2.75, 3.05) is 44.8 Å². The van der Waals surface area contributed by atoms with Gasteiger partial charge in [-0.25, -0.2) is 14.6 Å². The molecular weight excluding hydrogens is 488 g/mol. The number of nitrogens with one attached hydrogen (secondary N) is 1. The summed E-state index contributed by atoms with van der Waals surface area (Å²) in [7, 11) is -0.835. The Kier molecular flexibility index (Phi) is 9.34. The van der Waals surface area contributed by atoms with Gasteiger partial charge in [-0.15, -0.1) is 11.3 Å². The van der Waals surface area contributed by atoms with Gasteiger partial charge in [-0.1, -0.05) is 20.8 Å². The number of esters is 1. The van der Waals surface area contributed by atoms with Gasteiger partial charge in [-0.3, -0.25) is 4.79 Å². The second-order valence-corrected chi connectivity index (χ2v) is 16.7. The zero-order chi connectivity index (χ0) is 26.6. The topological polar surface area (TPSA) is 110 Å². The Hall–Kier alpha value is -2.18. The summed E-state index contributed by atoms with van der Waals surface area (Å²) in [4.78, 5) is 45.6. The molecule has 0 radical (unpaired) electrons. The molecule has 0 aromatic carbocycles. The average Bonchev–Trinajstić information content (AvgIpc) is 3.24. The molecule has 35 heavy (non-hydrogen) atoms. The molecule has 10 nitrogen and oxygen atoms in total. The summed E-state index contributed by atoms with van der Waals surface area (Å²) in [6, 6.07) is -0.927. The summed E-state index contributed by atoms with van der Waals surface area (Å²) in [5, 5.41) is 5.02. The average molecular weight is 529 g/mol. The van der Waals surface area contributed by atoms with Crippen LogP contribution in [-0.4, -0.2) is 87.7 Å². The molecule has 0 saturated carbocycles. The van der Waals surface area contributed by atoms with Crippen molar-refractivity contribution in [3.63, 3.8) is 0 Å². The highest BCUT2D eigenvalue weighted by Crippen LogP contribution is 2.36. The molecule has 0 unspecified atom stereocenters. The Morgan fingerprint density at radius 2 is 1.71 bits per heavy atom. The number of carbonyl (C=O) groups excluding carboxylic acids is 3. The summed E-state index contributed by atoms with van der Waals surface area (Å²) in [5.74, 6) is -1.03. The van der Waals surface area contributed by atoms with E-state index in [1.165, 1.54) is 18.4 Å². The Labute approximate surface area is 213 Å². The van der Waals surface area contributed by atoms with Crippen LogP contribution in [0, 0.1) is 0 Å². The standard InChI is InChI=1S/C23H40N4O6SSi/c1-22(2,3)33-21(30)27-12-10-26(11-13-27)20-25-17(15-34-20)18(28)24-16(19(29)31-7)14-32-35(8,9)23(4,5)6/h15-16H,10-14H2,1-9H3,(H,24,28)/t16-/m0/s1. The van der Waals surface area contributed by atoms with Crippen LogP contribution in [0.2, 0.25) is 18.1 Å². The zero-order valence-electron chi connectivity index (χ0n) is 22.4. The van der Waals surface area contributed by atoms with Gasteiger partial charge in [-0.05, 0) is 38.9 Å². The van der Waals surface area contributed by atoms with Crippen molar-refractivity contribution in [2.24, 2.45) is 0 Å². The molecule has 0 aliphatic carbocycles. The summed E-state index contributed by atoms with van der Waals surface area (Å²) < 4.78 is 16.4. The van der Waals surface area contributed by atoms with Crippen molar-refractivity contribution in [1.82, 2.24) is 15.2 Å². The van der Waals surface area contributed by atoms with E-state index in [0.29, 0.717) is 31.3 Å². The quantitative estimate of drug-likeness (QED) is 0.423. The monoisotopic (exact) mass is 528 g/mol. The summed E-state index contributed by atoms with van der Waals surface area (Å²) in [6.45, 7) is 18.2. The Morgan fingerprint density at radius 1 is 1.11 bits per heavy atom. The van der Waals surface area contributed by atoms with Crippen LogP contribution >= 0.6 is 11.3 Å². The van der Waals surface area contributed by atoms with Gasteiger partial charge in [0.15, 0.2) is 13.4 Å². The second-order valence-electron chi connectivity index (χ2n) is 11.1. The number of methoxy groups -OCH3 is 1. The second kappa shape index (κ2) is 11.3. The highest BCUT2D eigenvalue weighted by atomic mass is 32.1. The van der Waals surface area contributed by atoms with Gasteiger partial charge in [0.25, 0.3) is 5.91 Å². The first-order valence-electron chi connectivity index (χ1n) is 11.7. The molecule has 1 aromatic heterocycles. The van der Waals surface area contributed by atoms with E-state index < -0.39 is 31.8 Å². The number of thiazole rings is 1. The van der Waals surface area contributed by atoms with E-state index in [9.17, 15) is 14.4 Å². The third-order valence-electron chi connectivity index (χ3n) is 6.13. The van der Waals surface area contributed by atoms with Crippen LogP contribution in [0.1, 0.15) is 52.0 Å². The fourth-order valence-electron chi connectivity index (χ4n) is 2.97. The SMILES string of the molecule is COC(=O)[C@H](CO[Si](C)(C)C(C)(C)C)NC(=O)c1csc(N2CCN(C(=O)OC(C)(C)C)CC2)n1. The number of hydrogen-bond acceptors (Lipinski definition) is 9. The fourth-order valence-corrected chi connectivity index (χ4v) is 4.85. The van der Waals surface area contributed by atoms with Crippen LogP contribution in [0.4, 0.5) is 9.93 Å². The Morgan fingerprint density at radius 3 is 2.23 bits per heavy atom. The molecule has 2 rings (SSSR count). The number of anilines is 1. The number of nitrogens with zero attached hydrogens (tertiary/aromatic N) is 3. The lowest BCUT2D eigenvalue weighted by Gasteiger charge is -2.37. The van der Waals surface area contributed by atoms with E-state index in [1.54, 1.807) is 10.3 Å². The molecule has 1 atom stereocenters. The van der Waals surface area contributed by atoms with Crippen molar-refractivity contribution in [1.29, 1.82) is 0 Å². The van der Waals surface area contributed by atoms with Gasteiger partial charge in [0.05, 0.1) is 13.7 Å². The van der Waals surface area contributed by atoms with Crippen LogP contribution in [0.3, 0.4) is 0 Å². The Bertz CT molecular complexity index is 901. The molecule has 0 bridgehead atoms. The summed E-state index contributed by atoms with van der Waals surface area (Å²) in [5.41, 5.74) is -0.315. The lowest BCUT2D eigenvalue weighted by molar-refractivity contribution is -0.143. The number of hydrogen-bond donors (Lipinski definition) is 1. The molecule has 1 aliphatic heterocycles. The third kappa shape index (κ3) is 8.18. The van der Waals surface area contributed by atoms with Gasteiger partial charge >= 0.3 is 12.1 Å². The number of amides is 2. The van der Waals surface area contributed by atoms with Crippen molar-refractivity contribution in [3.8, 4) is 0 Å². The van der Waals surface area contributed by atoms with Crippen LogP contribution in [0.5, 0.6) is 0 Å².